The molecule has 5 nitrogen and oxygen atoms in total. The number of hydrogen-bond acceptors (Lipinski definition) is 5. The quantitative estimate of drug-likeness (QED) is 0.871. The first-order chi connectivity index (χ1) is 10.2. The average molecular weight is 285 g/mol. The van der Waals surface area contributed by atoms with Crippen molar-refractivity contribution in [2.45, 2.75) is 25.6 Å². The van der Waals surface area contributed by atoms with Crippen LogP contribution in [0.4, 0.5) is 5.82 Å². The number of hydrogen-bond donors (Lipinski definition) is 2. The topological polar surface area (TPSA) is 69.5 Å². The summed E-state index contributed by atoms with van der Waals surface area (Å²) < 4.78 is 0. The summed E-state index contributed by atoms with van der Waals surface area (Å²) in [6.45, 7) is 1.73. The van der Waals surface area contributed by atoms with Crippen LogP contribution in [0, 0.1) is 11.8 Å². The first-order valence-electron chi connectivity index (χ1n) is 7.54. The van der Waals surface area contributed by atoms with Gasteiger partial charge in [-0.05, 0) is 36.8 Å². The Morgan fingerprint density at radius 2 is 1.81 bits per heavy atom. The summed E-state index contributed by atoms with van der Waals surface area (Å²) in [5.41, 5.74) is 0.878. The van der Waals surface area contributed by atoms with Gasteiger partial charge in [0.05, 0.1) is 11.6 Å². The lowest BCUT2D eigenvalue weighted by molar-refractivity contribution is 0.174. The Labute approximate surface area is 123 Å². The number of benzene rings is 1. The van der Waals surface area contributed by atoms with Crippen LogP contribution in [-0.4, -0.2) is 39.4 Å². The van der Waals surface area contributed by atoms with E-state index in [1.54, 1.807) is 0 Å². The number of fused-ring (bicyclic) bond motifs is 2. The smallest absolute Gasteiger partial charge is 0.156 e. The van der Waals surface area contributed by atoms with Gasteiger partial charge in [0.25, 0.3) is 0 Å². The molecule has 4 rings (SSSR count). The van der Waals surface area contributed by atoms with E-state index in [4.69, 9.17) is 0 Å². The van der Waals surface area contributed by atoms with Crippen LogP contribution in [0.1, 0.15) is 18.7 Å². The molecule has 0 radical (unpaired) electrons. The summed E-state index contributed by atoms with van der Waals surface area (Å²) in [4.78, 5) is 11.2. The molecule has 1 unspecified atom stereocenters. The molecule has 0 bridgehead atoms. The molecule has 2 N–H and O–H groups in total. The molecular weight excluding hydrogens is 266 g/mol. The average Bonchev–Trinajstić information content (AvgIpc) is 3.03. The zero-order valence-electron chi connectivity index (χ0n) is 11.8. The van der Waals surface area contributed by atoms with Crippen LogP contribution in [0.5, 0.6) is 0 Å². The molecule has 21 heavy (non-hydrogen) atoms. The zero-order chi connectivity index (χ0) is 14.4. The highest BCUT2D eigenvalue weighted by atomic mass is 16.3. The van der Waals surface area contributed by atoms with Crippen LogP contribution in [0.15, 0.2) is 24.3 Å². The van der Waals surface area contributed by atoms with Crippen molar-refractivity contribution in [3.63, 3.8) is 0 Å². The minimum Gasteiger partial charge on any atom is -0.393 e. The fraction of sp³-hybridized carbons (Fsp3) is 0.500. The molecule has 0 amide bonds. The standard InChI is InChI=1S/C16H19N3O2/c20-9-15-17-14-4-2-1-3-13(14)16(18-15)19-7-10-5-12(21)6-11(10)8-19/h1-4,10-12,20-21H,5-9H2/t10-,11+,12?. The number of aromatic nitrogens is 2. The number of anilines is 1. The molecule has 2 heterocycles. The van der Waals surface area contributed by atoms with E-state index in [0.29, 0.717) is 17.7 Å². The van der Waals surface area contributed by atoms with Gasteiger partial charge in [0.15, 0.2) is 5.82 Å². The Bertz CT molecular complexity index is 662. The predicted molar refractivity (Wildman–Crippen MR) is 79.9 cm³/mol. The Kier molecular flexibility index (Phi) is 3.05. The van der Waals surface area contributed by atoms with Gasteiger partial charge in [0.1, 0.15) is 12.4 Å². The highest BCUT2D eigenvalue weighted by Gasteiger charge is 2.41. The van der Waals surface area contributed by atoms with E-state index in [9.17, 15) is 10.2 Å². The molecule has 1 aromatic heterocycles. The van der Waals surface area contributed by atoms with Crippen molar-refractivity contribution in [1.29, 1.82) is 0 Å². The maximum atomic E-state index is 9.77. The zero-order valence-corrected chi connectivity index (χ0v) is 11.8. The van der Waals surface area contributed by atoms with E-state index in [0.717, 1.165) is 42.7 Å². The molecule has 0 spiro atoms. The van der Waals surface area contributed by atoms with Crippen molar-refractivity contribution in [2.24, 2.45) is 11.8 Å². The van der Waals surface area contributed by atoms with E-state index in [2.05, 4.69) is 14.9 Å². The van der Waals surface area contributed by atoms with Gasteiger partial charge in [-0.15, -0.1) is 0 Å². The van der Waals surface area contributed by atoms with Gasteiger partial charge in [-0.2, -0.15) is 0 Å². The number of aliphatic hydroxyl groups is 2. The largest absolute Gasteiger partial charge is 0.393 e. The molecule has 110 valence electrons. The van der Waals surface area contributed by atoms with Gasteiger partial charge in [-0.3, -0.25) is 0 Å². The van der Waals surface area contributed by atoms with E-state index < -0.39 is 0 Å². The van der Waals surface area contributed by atoms with Crippen LogP contribution in [-0.2, 0) is 6.61 Å². The number of aliphatic hydroxyl groups excluding tert-OH is 2. The van der Waals surface area contributed by atoms with Crippen molar-refractivity contribution < 1.29 is 10.2 Å². The van der Waals surface area contributed by atoms with Gasteiger partial charge in [0, 0.05) is 18.5 Å². The van der Waals surface area contributed by atoms with Gasteiger partial charge < -0.3 is 15.1 Å². The van der Waals surface area contributed by atoms with Crippen LogP contribution < -0.4 is 4.90 Å². The molecule has 1 aromatic carbocycles. The summed E-state index contributed by atoms with van der Waals surface area (Å²) in [5.74, 6) is 2.52. The molecule has 5 heteroatoms. The summed E-state index contributed by atoms with van der Waals surface area (Å²) in [6.07, 6.45) is 1.67. The maximum Gasteiger partial charge on any atom is 0.156 e. The van der Waals surface area contributed by atoms with Crippen molar-refractivity contribution in [2.75, 3.05) is 18.0 Å². The second-order valence-electron chi connectivity index (χ2n) is 6.19. The van der Waals surface area contributed by atoms with Gasteiger partial charge in [0.2, 0.25) is 0 Å². The third-order valence-corrected chi connectivity index (χ3v) is 4.80. The fourth-order valence-corrected chi connectivity index (χ4v) is 3.86. The van der Waals surface area contributed by atoms with Crippen molar-refractivity contribution >= 4 is 16.7 Å². The Hall–Kier alpha value is -1.72. The van der Waals surface area contributed by atoms with Crippen molar-refractivity contribution in [3.8, 4) is 0 Å². The molecule has 2 fully saturated rings. The first kappa shape index (κ1) is 13.0. The van der Waals surface area contributed by atoms with Gasteiger partial charge in [-0.1, -0.05) is 12.1 Å². The fourth-order valence-electron chi connectivity index (χ4n) is 3.86. The third-order valence-electron chi connectivity index (χ3n) is 4.80. The summed E-state index contributed by atoms with van der Waals surface area (Å²) in [5, 5.41) is 20.2. The molecule has 2 aromatic rings. The first-order valence-corrected chi connectivity index (χ1v) is 7.54. The van der Waals surface area contributed by atoms with Gasteiger partial charge in [-0.25, -0.2) is 9.97 Å². The lowest BCUT2D eigenvalue weighted by Gasteiger charge is -2.21. The molecule has 1 saturated carbocycles. The molecule has 1 saturated heterocycles. The Morgan fingerprint density at radius 3 is 2.52 bits per heavy atom. The second kappa shape index (κ2) is 4.93. The maximum absolute atomic E-state index is 9.77. The van der Waals surface area contributed by atoms with E-state index in [-0.39, 0.29) is 12.7 Å². The summed E-state index contributed by atoms with van der Waals surface area (Å²) in [7, 11) is 0. The SMILES string of the molecule is OCc1nc(N2C[C@H]3CC(O)C[C@H]3C2)c2ccccc2n1. The van der Waals surface area contributed by atoms with Crippen LogP contribution in [0.2, 0.25) is 0 Å². The van der Waals surface area contributed by atoms with Crippen LogP contribution >= 0.6 is 0 Å². The minimum absolute atomic E-state index is 0.128. The summed E-state index contributed by atoms with van der Waals surface area (Å²) in [6, 6.07) is 7.94. The van der Waals surface area contributed by atoms with E-state index in [1.807, 2.05) is 24.3 Å². The number of nitrogens with zero attached hydrogens (tertiary/aromatic N) is 3. The third kappa shape index (κ3) is 2.17. The molecule has 1 aliphatic carbocycles. The molecule has 3 atom stereocenters. The predicted octanol–water partition coefficient (Wildman–Crippen LogP) is 1.33. The van der Waals surface area contributed by atoms with Crippen molar-refractivity contribution in [1.82, 2.24) is 9.97 Å². The molecule has 2 aliphatic rings. The highest BCUT2D eigenvalue weighted by molar-refractivity contribution is 5.89. The number of para-hydroxylation sites is 1. The highest BCUT2D eigenvalue weighted by Crippen LogP contribution is 2.40. The van der Waals surface area contributed by atoms with Crippen molar-refractivity contribution in [3.05, 3.63) is 30.1 Å². The monoisotopic (exact) mass is 285 g/mol. The minimum atomic E-state index is -0.142. The van der Waals surface area contributed by atoms with E-state index in [1.165, 1.54) is 0 Å². The Morgan fingerprint density at radius 1 is 1.10 bits per heavy atom. The number of rotatable bonds is 2. The van der Waals surface area contributed by atoms with Gasteiger partial charge >= 0.3 is 0 Å². The normalized spacial score (nSPS) is 28.3. The van der Waals surface area contributed by atoms with E-state index >= 15 is 0 Å². The lowest BCUT2D eigenvalue weighted by atomic mass is 10.0. The summed E-state index contributed by atoms with van der Waals surface area (Å²) >= 11 is 0. The van der Waals surface area contributed by atoms with Crippen LogP contribution in [0.3, 0.4) is 0 Å². The molecule has 1 aliphatic heterocycles. The lowest BCUT2D eigenvalue weighted by Crippen LogP contribution is -2.24. The Balaban J connectivity index is 1.73. The van der Waals surface area contributed by atoms with Crippen LogP contribution in [0.25, 0.3) is 10.9 Å². The molecular formula is C16H19N3O2. The second-order valence-corrected chi connectivity index (χ2v) is 6.19.